The van der Waals surface area contributed by atoms with E-state index in [9.17, 15) is 9.18 Å². The number of ether oxygens (including phenoxy) is 1. The lowest BCUT2D eigenvalue weighted by Crippen LogP contribution is -2.38. The van der Waals surface area contributed by atoms with E-state index in [0.717, 1.165) is 53.2 Å². The molecule has 4 rings (SSSR count). The van der Waals surface area contributed by atoms with Crippen LogP contribution in [-0.2, 0) is 16.0 Å². The van der Waals surface area contributed by atoms with Crippen molar-refractivity contribution in [2.75, 3.05) is 6.54 Å². The third kappa shape index (κ3) is 3.51. The topological polar surface area (TPSA) is 77.2 Å². The molecule has 3 N–H and O–H groups in total. The first-order valence-corrected chi connectivity index (χ1v) is 9.87. The Hall–Kier alpha value is -1.83. The predicted molar refractivity (Wildman–Crippen MR) is 98.3 cm³/mol. The van der Waals surface area contributed by atoms with E-state index in [1.54, 1.807) is 23.5 Å². The average Bonchev–Trinajstić information content (AvgIpc) is 3.30. The molecule has 1 amide bonds. The van der Waals surface area contributed by atoms with Crippen molar-refractivity contribution in [2.45, 2.75) is 50.4 Å². The van der Waals surface area contributed by atoms with Crippen LogP contribution in [0.4, 0.5) is 4.39 Å². The van der Waals surface area contributed by atoms with Crippen molar-refractivity contribution in [2.24, 2.45) is 5.73 Å². The van der Waals surface area contributed by atoms with Gasteiger partial charge in [-0.05, 0) is 56.4 Å². The summed E-state index contributed by atoms with van der Waals surface area (Å²) in [5.41, 5.74) is 7.57. The highest BCUT2D eigenvalue weighted by Crippen LogP contribution is 2.38. The summed E-state index contributed by atoms with van der Waals surface area (Å²) in [4.78, 5) is 18.4. The van der Waals surface area contributed by atoms with Gasteiger partial charge in [-0.1, -0.05) is 0 Å². The van der Waals surface area contributed by atoms with Crippen LogP contribution in [0.15, 0.2) is 24.3 Å². The Kier molecular flexibility index (Phi) is 5.02. The molecule has 2 aliphatic rings. The standard InChI is InChI=1S/C19H22FN3O2S/c20-12-6-4-11(5-7-12)19-23-15-3-1-2-14(17(15)26-19)22-18(24)16-9-8-13(10-21)25-16/h4-7,13-14,16H,1-3,8-10,21H2,(H,22,24)/t13-,14?,16+/m1/s1. The summed E-state index contributed by atoms with van der Waals surface area (Å²) < 4.78 is 18.9. The van der Waals surface area contributed by atoms with Gasteiger partial charge in [0.2, 0.25) is 5.91 Å². The third-order valence-corrected chi connectivity index (χ3v) is 6.28. The Bertz CT molecular complexity index is 793. The van der Waals surface area contributed by atoms with E-state index >= 15 is 0 Å². The van der Waals surface area contributed by atoms with Crippen LogP contribution in [0.3, 0.4) is 0 Å². The summed E-state index contributed by atoms with van der Waals surface area (Å²) in [6.07, 6.45) is 3.93. The highest BCUT2D eigenvalue weighted by molar-refractivity contribution is 7.15. The molecule has 0 saturated carbocycles. The number of carbonyl (C=O) groups is 1. The number of halogens is 1. The fraction of sp³-hybridized carbons (Fsp3) is 0.474. The smallest absolute Gasteiger partial charge is 0.249 e. The van der Waals surface area contributed by atoms with E-state index in [-0.39, 0.29) is 23.9 Å². The molecule has 0 radical (unpaired) electrons. The van der Waals surface area contributed by atoms with Crippen LogP contribution in [0.1, 0.15) is 42.3 Å². The van der Waals surface area contributed by atoms with E-state index in [1.807, 2.05) is 0 Å². The van der Waals surface area contributed by atoms with Gasteiger partial charge < -0.3 is 15.8 Å². The lowest BCUT2D eigenvalue weighted by Gasteiger charge is -2.24. The minimum absolute atomic E-state index is 0.0128. The summed E-state index contributed by atoms with van der Waals surface area (Å²) >= 11 is 1.58. The monoisotopic (exact) mass is 375 g/mol. The molecule has 2 heterocycles. The minimum Gasteiger partial charge on any atom is -0.364 e. The maximum Gasteiger partial charge on any atom is 0.249 e. The molecule has 26 heavy (non-hydrogen) atoms. The number of fused-ring (bicyclic) bond motifs is 1. The average molecular weight is 375 g/mol. The number of aromatic nitrogens is 1. The zero-order chi connectivity index (χ0) is 18.1. The number of nitrogens with two attached hydrogens (primary N) is 1. The maximum atomic E-state index is 13.2. The van der Waals surface area contributed by atoms with Crippen molar-refractivity contribution >= 4 is 17.2 Å². The number of amides is 1. The quantitative estimate of drug-likeness (QED) is 0.861. The second-order valence-corrected chi connectivity index (χ2v) is 7.88. The van der Waals surface area contributed by atoms with E-state index in [2.05, 4.69) is 5.32 Å². The molecule has 7 heteroatoms. The van der Waals surface area contributed by atoms with Crippen LogP contribution in [0, 0.1) is 5.82 Å². The van der Waals surface area contributed by atoms with Crippen LogP contribution in [0.25, 0.3) is 10.6 Å². The third-order valence-electron chi connectivity index (χ3n) is 5.02. The fourth-order valence-electron chi connectivity index (χ4n) is 3.61. The summed E-state index contributed by atoms with van der Waals surface area (Å²) in [6.45, 7) is 0.452. The molecule has 1 aliphatic heterocycles. The zero-order valence-electron chi connectivity index (χ0n) is 14.4. The highest BCUT2D eigenvalue weighted by Gasteiger charge is 2.33. The molecule has 2 aromatic rings. The van der Waals surface area contributed by atoms with Crippen molar-refractivity contribution in [1.29, 1.82) is 0 Å². The van der Waals surface area contributed by atoms with Gasteiger partial charge in [0.15, 0.2) is 0 Å². The Morgan fingerprint density at radius 1 is 1.31 bits per heavy atom. The Morgan fingerprint density at radius 3 is 2.85 bits per heavy atom. The van der Waals surface area contributed by atoms with Crippen LogP contribution in [-0.4, -0.2) is 29.6 Å². The number of hydrogen-bond acceptors (Lipinski definition) is 5. The molecule has 1 aromatic carbocycles. The molecule has 1 unspecified atom stereocenters. The van der Waals surface area contributed by atoms with Gasteiger partial charge in [-0.15, -0.1) is 11.3 Å². The normalized spacial score (nSPS) is 25.1. The molecule has 138 valence electrons. The maximum absolute atomic E-state index is 13.2. The SMILES string of the molecule is NC[C@H]1CC[C@@H](C(=O)NC2CCCc3nc(-c4ccc(F)cc4)sc32)O1. The number of carbonyl (C=O) groups excluding carboxylic acids is 1. The summed E-state index contributed by atoms with van der Waals surface area (Å²) in [7, 11) is 0. The van der Waals surface area contributed by atoms with Gasteiger partial charge >= 0.3 is 0 Å². The number of nitrogens with zero attached hydrogens (tertiary/aromatic N) is 1. The highest BCUT2D eigenvalue weighted by atomic mass is 32.1. The predicted octanol–water partition coefficient (Wildman–Crippen LogP) is 2.95. The molecule has 5 nitrogen and oxygen atoms in total. The van der Waals surface area contributed by atoms with Crippen LogP contribution in [0.5, 0.6) is 0 Å². The molecular weight excluding hydrogens is 353 g/mol. The Labute approximate surface area is 155 Å². The van der Waals surface area contributed by atoms with Gasteiger partial charge in [0.25, 0.3) is 0 Å². The van der Waals surface area contributed by atoms with E-state index in [0.29, 0.717) is 6.54 Å². The lowest BCUT2D eigenvalue weighted by molar-refractivity contribution is -0.132. The molecule has 3 atom stereocenters. The fourth-order valence-corrected chi connectivity index (χ4v) is 4.81. The van der Waals surface area contributed by atoms with Crippen molar-refractivity contribution in [1.82, 2.24) is 10.3 Å². The van der Waals surface area contributed by atoms with Crippen molar-refractivity contribution in [3.63, 3.8) is 0 Å². The number of aryl methyl sites for hydroxylation is 1. The van der Waals surface area contributed by atoms with Crippen molar-refractivity contribution in [3.8, 4) is 10.6 Å². The van der Waals surface area contributed by atoms with Gasteiger partial charge in [0.05, 0.1) is 22.7 Å². The number of rotatable bonds is 4. The number of hydrogen-bond donors (Lipinski definition) is 2. The first-order valence-electron chi connectivity index (χ1n) is 9.05. The molecule has 1 fully saturated rings. The van der Waals surface area contributed by atoms with Crippen LogP contribution < -0.4 is 11.1 Å². The summed E-state index contributed by atoms with van der Waals surface area (Å²) in [6, 6.07) is 6.35. The van der Waals surface area contributed by atoms with Gasteiger partial charge in [-0.3, -0.25) is 4.79 Å². The Morgan fingerprint density at radius 2 is 2.12 bits per heavy atom. The van der Waals surface area contributed by atoms with Gasteiger partial charge in [-0.25, -0.2) is 9.37 Å². The van der Waals surface area contributed by atoms with Gasteiger partial charge in [0, 0.05) is 12.1 Å². The minimum atomic E-state index is -0.404. The second-order valence-electron chi connectivity index (χ2n) is 6.85. The Balaban J connectivity index is 1.50. The second kappa shape index (κ2) is 7.42. The van der Waals surface area contributed by atoms with Crippen LogP contribution in [0.2, 0.25) is 0 Å². The first-order chi connectivity index (χ1) is 12.6. The summed E-state index contributed by atoms with van der Waals surface area (Å²) in [5, 5.41) is 4.01. The first kappa shape index (κ1) is 17.6. The largest absolute Gasteiger partial charge is 0.364 e. The van der Waals surface area contributed by atoms with Crippen LogP contribution >= 0.6 is 11.3 Å². The van der Waals surface area contributed by atoms with Gasteiger partial charge in [0.1, 0.15) is 16.9 Å². The molecule has 0 spiro atoms. The van der Waals surface area contributed by atoms with E-state index < -0.39 is 6.10 Å². The molecular formula is C19H22FN3O2S. The molecule has 1 saturated heterocycles. The molecule has 0 bridgehead atoms. The number of thiazole rings is 1. The number of benzene rings is 1. The van der Waals surface area contributed by atoms with E-state index in [1.165, 1.54) is 12.1 Å². The van der Waals surface area contributed by atoms with E-state index in [4.69, 9.17) is 15.5 Å². The van der Waals surface area contributed by atoms with Crippen molar-refractivity contribution < 1.29 is 13.9 Å². The zero-order valence-corrected chi connectivity index (χ0v) is 15.2. The lowest BCUT2D eigenvalue weighted by atomic mass is 9.97. The number of nitrogens with one attached hydrogen (secondary N) is 1. The molecule has 1 aromatic heterocycles. The summed E-state index contributed by atoms with van der Waals surface area (Å²) in [5.74, 6) is -0.317. The van der Waals surface area contributed by atoms with Crippen molar-refractivity contribution in [3.05, 3.63) is 40.7 Å². The molecule has 1 aliphatic carbocycles. The van der Waals surface area contributed by atoms with Gasteiger partial charge in [-0.2, -0.15) is 0 Å².